The number of hydrogen-bond acceptors (Lipinski definition) is 4. The summed E-state index contributed by atoms with van der Waals surface area (Å²) in [5.41, 5.74) is 0.994. The summed E-state index contributed by atoms with van der Waals surface area (Å²) in [6.45, 7) is 2.05. The van der Waals surface area contributed by atoms with Gasteiger partial charge >= 0.3 is 0 Å². The molecule has 0 aromatic heterocycles. The van der Waals surface area contributed by atoms with E-state index in [-0.39, 0.29) is 6.04 Å². The lowest BCUT2D eigenvalue weighted by Crippen LogP contribution is -2.14. The van der Waals surface area contributed by atoms with E-state index < -0.39 is 0 Å². The Labute approximate surface area is 96.5 Å². The zero-order chi connectivity index (χ0) is 12.1. The Morgan fingerprint density at radius 1 is 1.00 bits per heavy atom. The third-order valence-corrected chi connectivity index (χ3v) is 2.62. The summed E-state index contributed by atoms with van der Waals surface area (Å²) in [6, 6.07) is 3.85. The van der Waals surface area contributed by atoms with Gasteiger partial charge in [0.05, 0.1) is 26.9 Å². The Morgan fingerprint density at radius 3 is 1.81 bits per heavy atom. The Bertz CT molecular complexity index is 327. The SMILES string of the molecule is CNC(C)c1c(OC)cc(OC)cc1OC. The first-order valence-electron chi connectivity index (χ1n) is 5.15. The molecule has 1 atom stereocenters. The number of rotatable bonds is 5. The Balaban J connectivity index is 3.31. The van der Waals surface area contributed by atoms with Crippen molar-refractivity contribution in [2.45, 2.75) is 13.0 Å². The first-order chi connectivity index (χ1) is 7.67. The van der Waals surface area contributed by atoms with Gasteiger partial charge < -0.3 is 19.5 Å². The van der Waals surface area contributed by atoms with Gasteiger partial charge in [0, 0.05) is 18.2 Å². The van der Waals surface area contributed by atoms with Crippen LogP contribution in [0.25, 0.3) is 0 Å². The zero-order valence-corrected chi connectivity index (χ0v) is 10.5. The molecule has 0 heterocycles. The second-order valence-corrected chi connectivity index (χ2v) is 3.46. The molecule has 1 rings (SSSR count). The number of ether oxygens (including phenoxy) is 3. The summed E-state index contributed by atoms with van der Waals surface area (Å²) >= 11 is 0. The van der Waals surface area contributed by atoms with Crippen LogP contribution in [0.5, 0.6) is 17.2 Å². The van der Waals surface area contributed by atoms with Gasteiger partial charge in [-0.2, -0.15) is 0 Å². The van der Waals surface area contributed by atoms with Crippen LogP contribution in [0.15, 0.2) is 12.1 Å². The lowest BCUT2D eigenvalue weighted by molar-refractivity contribution is 0.362. The van der Waals surface area contributed by atoms with Gasteiger partial charge in [-0.15, -0.1) is 0 Å². The molecular weight excluding hydrogens is 206 g/mol. The largest absolute Gasteiger partial charge is 0.496 e. The maximum atomic E-state index is 5.35. The van der Waals surface area contributed by atoms with E-state index in [0.29, 0.717) is 0 Å². The standard InChI is InChI=1S/C12H19NO3/c1-8(13-2)12-10(15-4)6-9(14-3)7-11(12)16-5/h6-8,13H,1-5H3. The molecule has 1 aromatic rings. The predicted molar refractivity (Wildman–Crippen MR) is 63.6 cm³/mol. The number of hydrogen-bond donors (Lipinski definition) is 1. The predicted octanol–water partition coefficient (Wildman–Crippen LogP) is 1.99. The van der Waals surface area contributed by atoms with E-state index in [2.05, 4.69) is 5.32 Å². The average Bonchev–Trinajstić information content (AvgIpc) is 2.35. The third-order valence-electron chi connectivity index (χ3n) is 2.62. The van der Waals surface area contributed by atoms with Crippen molar-refractivity contribution >= 4 is 0 Å². The molecule has 1 aromatic carbocycles. The molecule has 1 N–H and O–H groups in total. The van der Waals surface area contributed by atoms with Crippen molar-refractivity contribution in [3.8, 4) is 17.2 Å². The highest BCUT2D eigenvalue weighted by Gasteiger charge is 2.17. The molecule has 0 saturated heterocycles. The minimum atomic E-state index is 0.149. The van der Waals surface area contributed by atoms with Crippen molar-refractivity contribution in [1.29, 1.82) is 0 Å². The van der Waals surface area contributed by atoms with Crippen LogP contribution in [0.4, 0.5) is 0 Å². The van der Waals surface area contributed by atoms with Gasteiger partial charge in [-0.1, -0.05) is 0 Å². The zero-order valence-electron chi connectivity index (χ0n) is 10.5. The average molecular weight is 225 g/mol. The molecule has 0 spiro atoms. The van der Waals surface area contributed by atoms with Crippen molar-refractivity contribution in [3.05, 3.63) is 17.7 Å². The molecular formula is C12H19NO3. The minimum Gasteiger partial charge on any atom is -0.496 e. The van der Waals surface area contributed by atoms with E-state index in [0.717, 1.165) is 22.8 Å². The van der Waals surface area contributed by atoms with E-state index in [9.17, 15) is 0 Å². The second kappa shape index (κ2) is 5.61. The van der Waals surface area contributed by atoms with Crippen LogP contribution in [0.1, 0.15) is 18.5 Å². The molecule has 16 heavy (non-hydrogen) atoms. The smallest absolute Gasteiger partial charge is 0.131 e. The van der Waals surface area contributed by atoms with Crippen LogP contribution >= 0.6 is 0 Å². The number of benzene rings is 1. The molecule has 90 valence electrons. The van der Waals surface area contributed by atoms with E-state index in [1.54, 1.807) is 21.3 Å². The van der Waals surface area contributed by atoms with Gasteiger partial charge in [-0.25, -0.2) is 0 Å². The van der Waals surface area contributed by atoms with E-state index in [4.69, 9.17) is 14.2 Å². The first kappa shape index (κ1) is 12.6. The molecule has 0 aliphatic heterocycles. The van der Waals surface area contributed by atoms with Crippen LogP contribution in [-0.2, 0) is 0 Å². The topological polar surface area (TPSA) is 39.7 Å². The molecule has 1 unspecified atom stereocenters. The lowest BCUT2D eigenvalue weighted by atomic mass is 10.1. The second-order valence-electron chi connectivity index (χ2n) is 3.46. The Morgan fingerprint density at radius 2 is 1.50 bits per heavy atom. The Hall–Kier alpha value is -1.42. The first-order valence-corrected chi connectivity index (χ1v) is 5.15. The highest BCUT2D eigenvalue weighted by molar-refractivity contribution is 5.52. The summed E-state index contributed by atoms with van der Waals surface area (Å²) in [5, 5.41) is 3.17. The fraction of sp³-hybridized carbons (Fsp3) is 0.500. The lowest BCUT2D eigenvalue weighted by Gasteiger charge is -2.19. The van der Waals surface area contributed by atoms with Gasteiger partial charge in [-0.05, 0) is 14.0 Å². The van der Waals surface area contributed by atoms with Crippen molar-refractivity contribution in [1.82, 2.24) is 5.32 Å². The molecule has 0 saturated carbocycles. The van der Waals surface area contributed by atoms with Gasteiger partial charge in [0.1, 0.15) is 17.2 Å². The van der Waals surface area contributed by atoms with Crippen molar-refractivity contribution in [2.75, 3.05) is 28.4 Å². The highest BCUT2D eigenvalue weighted by atomic mass is 16.5. The minimum absolute atomic E-state index is 0.149. The number of methoxy groups -OCH3 is 3. The van der Waals surface area contributed by atoms with Gasteiger partial charge in [0.2, 0.25) is 0 Å². The molecule has 0 amide bonds. The van der Waals surface area contributed by atoms with Crippen LogP contribution in [0.3, 0.4) is 0 Å². The van der Waals surface area contributed by atoms with Gasteiger partial charge in [-0.3, -0.25) is 0 Å². The van der Waals surface area contributed by atoms with Crippen LogP contribution in [0, 0.1) is 0 Å². The molecule has 0 bridgehead atoms. The van der Waals surface area contributed by atoms with Gasteiger partial charge in [0.15, 0.2) is 0 Å². The molecule has 0 aliphatic carbocycles. The van der Waals surface area contributed by atoms with Crippen molar-refractivity contribution < 1.29 is 14.2 Å². The summed E-state index contributed by atoms with van der Waals surface area (Å²) in [7, 11) is 6.79. The van der Waals surface area contributed by atoms with Crippen LogP contribution in [0.2, 0.25) is 0 Å². The molecule has 0 fully saturated rings. The third kappa shape index (κ3) is 2.39. The Kier molecular flexibility index (Phi) is 4.43. The fourth-order valence-electron chi connectivity index (χ4n) is 1.60. The quantitative estimate of drug-likeness (QED) is 0.832. The monoisotopic (exact) mass is 225 g/mol. The number of nitrogens with one attached hydrogen (secondary N) is 1. The maximum absolute atomic E-state index is 5.35. The van der Waals surface area contributed by atoms with Crippen molar-refractivity contribution in [3.63, 3.8) is 0 Å². The fourth-order valence-corrected chi connectivity index (χ4v) is 1.60. The highest BCUT2D eigenvalue weighted by Crippen LogP contribution is 2.37. The summed E-state index contributed by atoms with van der Waals surface area (Å²) in [5.74, 6) is 2.25. The van der Waals surface area contributed by atoms with Gasteiger partial charge in [0.25, 0.3) is 0 Å². The maximum Gasteiger partial charge on any atom is 0.131 e. The molecule has 0 aliphatic rings. The van der Waals surface area contributed by atoms with E-state index in [1.165, 1.54) is 0 Å². The summed E-state index contributed by atoms with van der Waals surface area (Å²) in [6.07, 6.45) is 0. The van der Waals surface area contributed by atoms with E-state index in [1.807, 2.05) is 26.1 Å². The summed E-state index contributed by atoms with van der Waals surface area (Å²) in [4.78, 5) is 0. The normalized spacial score (nSPS) is 12.1. The van der Waals surface area contributed by atoms with Crippen molar-refractivity contribution in [2.24, 2.45) is 0 Å². The van der Waals surface area contributed by atoms with Crippen LogP contribution in [-0.4, -0.2) is 28.4 Å². The molecule has 0 radical (unpaired) electrons. The van der Waals surface area contributed by atoms with E-state index >= 15 is 0 Å². The van der Waals surface area contributed by atoms with Crippen LogP contribution < -0.4 is 19.5 Å². The summed E-state index contributed by atoms with van der Waals surface area (Å²) < 4.78 is 15.9. The molecule has 4 heteroatoms. The molecule has 4 nitrogen and oxygen atoms in total.